The number of amides is 1. The third kappa shape index (κ3) is 5.40. The highest BCUT2D eigenvalue weighted by molar-refractivity contribution is 5.94. The fourth-order valence-electron chi connectivity index (χ4n) is 1.90. The Balaban J connectivity index is 1.99. The first-order chi connectivity index (χ1) is 11.7. The summed E-state index contributed by atoms with van der Waals surface area (Å²) in [6.07, 6.45) is -3.43. The van der Waals surface area contributed by atoms with Crippen molar-refractivity contribution in [1.29, 1.82) is 0 Å². The minimum atomic E-state index is -4.49. The fraction of sp³-hybridized carbons (Fsp3) is 0.250. The molecule has 1 heterocycles. The Labute approximate surface area is 139 Å². The van der Waals surface area contributed by atoms with Gasteiger partial charge in [0.1, 0.15) is 0 Å². The molecular weight excluding hydrogens is 347 g/mol. The number of pyridine rings is 1. The fourth-order valence-corrected chi connectivity index (χ4v) is 1.90. The first-order valence-corrected chi connectivity index (χ1v) is 7.07. The standard InChI is InChI=1S/C16H13F5N2O2/c1-9(10-2-4-12(17)13(18)6-10)23-15(24)11-3-5-14(22-7-11)25-8-16(19,20)21/h2-7,9H,8H2,1H3,(H,23,24). The van der Waals surface area contributed by atoms with Crippen LogP contribution in [0.15, 0.2) is 36.5 Å². The Morgan fingerprint density at radius 1 is 1.20 bits per heavy atom. The minimum Gasteiger partial charge on any atom is -0.468 e. The molecule has 0 saturated carbocycles. The van der Waals surface area contributed by atoms with E-state index in [4.69, 9.17) is 0 Å². The number of nitrogens with one attached hydrogen (secondary N) is 1. The number of nitrogens with zero attached hydrogens (tertiary/aromatic N) is 1. The van der Waals surface area contributed by atoms with Crippen LogP contribution in [-0.2, 0) is 0 Å². The second kappa shape index (κ2) is 7.45. The largest absolute Gasteiger partial charge is 0.468 e. The number of benzene rings is 1. The van der Waals surface area contributed by atoms with Crippen LogP contribution in [-0.4, -0.2) is 23.7 Å². The van der Waals surface area contributed by atoms with Gasteiger partial charge in [0, 0.05) is 12.3 Å². The normalized spacial score (nSPS) is 12.6. The summed E-state index contributed by atoms with van der Waals surface area (Å²) in [5.74, 6) is -2.89. The number of halogens is 5. The Bertz CT molecular complexity index is 747. The molecule has 0 aliphatic rings. The van der Waals surface area contributed by atoms with Crippen molar-refractivity contribution >= 4 is 5.91 Å². The van der Waals surface area contributed by atoms with Crippen LogP contribution in [0.3, 0.4) is 0 Å². The Hall–Kier alpha value is -2.71. The molecule has 0 aliphatic heterocycles. The highest BCUT2D eigenvalue weighted by atomic mass is 19.4. The van der Waals surface area contributed by atoms with Gasteiger partial charge in [0.15, 0.2) is 18.2 Å². The monoisotopic (exact) mass is 360 g/mol. The predicted octanol–water partition coefficient (Wildman–Crippen LogP) is 3.79. The molecule has 9 heteroatoms. The number of hydrogen-bond acceptors (Lipinski definition) is 3. The lowest BCUT2D eigenvalue weighted by Crippen LogP contribution is -2.27. The maximum absolute atomic E-state index is 13.2. The third-order valence-corrected chi connectivity index (χ3v) is 3.17. The Morgan fingerprint density at radius 2 is 1.92 bits per heavy atom. The lowest BCUT2D eigenvalue weighted by Gasteiger charge is -2.15. The van der Waals surface area contributed by atoms with E-state index in [1.807, 2.05) is 0 Å². The summed E-state index contributed by atoms with van der Waals surface area (Å²) in [5, 5.41) is 2.55. The number of carbonyl (C=O) groups excluding carboxylic acids is 1. The lowest BCUT2D eigenvalue weighted by molar-refractivity contribution is -0.154. The maximum Gasteiger partial charge on any atom is 0.422 e. The molecule has 0 spiro atoms. The number of hydrogen-bond donors (Lipinski definition) is 1. The van der Waals surface area contributed by atoms with E-state index in [2.05, 4.69) is 15.0 Å². The SMILES string of the molecule is CC(NC(=O)c1ccc(OCC(F)(F)F)nc1)c1ccc(F)c(F)c1. The van der Waals surface area contributed by atoms with Gasteiger partial charge in [-0.05, 0) is 30.7 Å². The van der Waals surface area contributed by atoms with Crippen molar-refractivity contribution in [2.75, 3.05) is 6.61 Å². The number of carbonyl (C=O) groups is 1. The van der Waals surface area contributed by atoms with Gasteiger partial charge in [-0.1, -0.05) is 6.07 Å². The quantitative estimate of drug-likeness (QED) is 0.826. The van der Waals surface area contributed by atoms with E-state index in [1.54, 1.807) is 6.92 Å². The van der Waals surface area contributed by atoms with Gasteiger partial charge < -0.3 is 10.1 Å². The molecule has 4 nitrogen and oxygen atoms in total. The summed E-state index contributed by atoms with van der Waals surface area (Å²) in [6.45, 7) is 0.0809. The summed E-state index contributed by atoms with van der Waals surface area (Å²) in [7, 11) is 0. The number of alkyl halides is 3. The first kappa shape index (κ1) is 18.6. The topological polar surface area (TPSA) is 51.2 Å². The minimum absolute atomic E-state index is 0.0776. The van der Waals surface area contributed by atoms with Gasteiger partial charge in [0.2, 0.25) is 5.88 Å². The van der Waals surface area contributed by atoms with Crippen LogP contribution in [0.4, 0.5) is 22.0 Å². The maximum atomic E-state index is 13.2. The summed E-state index contributed by atoms with van der Waals surface area (Å²) in [5.41, 5.74) is 0.430. The van der Waals surface area contributed by atoms with E-state index in [-0.39, 0.29) is 11.4 Å². The molecule has 0 radical (unpaired) electrons. The summed E-state index contributed by atoms with van der Waals surface area (Å²) in [4.78, 5) is 15.7. The van der Waals surface area contributed by atoms with Gasteiger partial charge in [0.05, 0.1) is 11.6 Å². The molecular formula is C16H13F5N2O2. The zero-order valence-electron chi connectivity index (χ0n) is 12.9. The van der Waals surface area contributed by atoms with Gasteiger partial charge in [-0.25, -0.2) is 13.8 Å². The predicted molar refractivity (Wildman–Crippen MR) is 78.0 cm³/mol. The average Bonchev–Trinajstić information content (AvgIpc) is 2.55. The summed E-state index contributed by atoms with van der Waals surface area (Å²) >= 11 is 0. The van der Waals surface area contributed by atoms with Crippen molar-refractivity contribution in [3.8, 4) is 5.88 Å². The second-order valence-corrected chi connectivity index (χ2v) is 5.16. The van der Waals surface area contributed by atoms with E-state index >= 15 is 0 Å². The van der Waals surface area contributed by atoms with Crippen molar-refractivity contribution in [2.24, 2.45) is 0 Å². The van der Waals surface area contributed by atoms with Gasteiger partial charge in [0.25, 0.3) is 5.91 Å². The molecule has 2 aromatic rings. The van der Waals surface area contributed by atoms with E-state index in [9.17, 15) is 26.7 Å². The summed E-state index contributed by atoms with van der Waals surface area (Å²) < 4.78 is 66.7. The molecule has 0 fully saturated rings. The zero-order valence-corrected chi connectivity index (χ0v) is 12.9. The van der Waals surface area contributed by atoms with Crippen molar-refractivity contribution < 1.29 is 31.5 Å². The van der Waals surface area contributed by atoms with Crippen LogP contribution in [0, 0.1) is 11.6 Å². The molecule has 1 amide bonds. The molecule has 2 rings (SSSR count). The molecule has 0 bridgehead atoms. The molecule has 1 atom stereocenters. The van der Waals surface area contributed by atoms with Crippen LogP contribution >= 0.6 is 0 Å². The van der Waals surface area contributed by atoms with Crippen LogP contribution in [0.2, 0.25) is 0 Å². The van der Waals surface area contributed by atoms with Crippen LogP contribution in [0.5, 0.6) is 5.88 Å². The molecule has 134 valence electrons. The van der Waals surface area contributed by atoms with E-state index in [0.717, 1.165) is 24.4 Å². The Kier molecular flexibility index (Phi) is 5.55. The lowest BCUT2D eigenvalue weighted by atomic mass is 10.1. The highest BCUT2D eigenvalue weighted by Gasteiger charge is 2.28. The zero-order chi connectivity index (χ0) is 18.6. The van der Waals surface area contributed by atoms with Crippen LogP contribution in [0.1, 0.15) is 28.9 Å². The third-order valence-electron chi connectivity index (χ3n) is 3.17. The second-order valence-electron chi connectivity index (χ2n) is 5.16. The molecule has 0 aliphatic carbocycles. The van der Waals surface area contributed by atoms with Gasteiger partial charge in [-0.3, -0.25) is 4.79 Å². The van der Waals surface area contributed by atoms with Gasteiger partial charge in [-0.2, -0.15) is 13.2 Å². The van der Waals surface area contributed by atoms with Gasteiger partial charge in [-0.15, -0.1) is 0 Å². The average molecular weight is 360 g/mol. The first-order valence-electron chi connectivity index (χ1n) is 7.07. The molecule has 1 aromatic heterocycles. The molecule has 0 saturated heterocycles. The van der Waals surface area contributed by atoms with E-state index in [0.29, 0.717) is 5.56 Å². The Morgan fingerprint density at radius 3 is 2.48 bits per heavy atom. The van der Waals surface area contributed by atoms with Gasteiger partial charge >= 0.3 is 6.18 Å². The van der Waals surface area contributed by atoms with E-state index in [1.165, 1.54) is 12.1 Å². The number of ether oxygens (including phenoxy) is 1. The molecule has 1 aromatic carbocycles. The van der Waals surface area contributed by atoms with Crippen molar-refractivity contribution in [2.45, 2.75) is 19.1 Å². The van der Waals surface area contributed by atoms with Crippen LogP contribution < -0.4 is 10.1 Å². The molecule has 1 unspecified atom stereocenters. The smallest absolute Gasteiger partial charge is 0.422 e. The van der Waals surface area contributed by atoms with Crippen molar-refractivity contribution in [1.82, 2.24) is 10.3 Å². The molecule has 1 N–H and O–H groups in total. The van der Waals surface area contributed by atoms with Crippen molar-refractivity contribution in [3.63, 3.8) is 0 Å². The number of aromatic nitrogens is 1. The highest BCUT2D eigenvalue weighted by Crippen LogP contribution is 2.18. The van der Waals surface area contributed by atoms with Crippen molar-refractivity contribution in [3.05, 3.63) is 59.3 Å². The number of rotatable bonds is 5. The summed E-state index contributed by atoms with van der Waals surface area (Å²) in [6, 6.07) is 4.99. The van der Waals surface area contributed by atoms with Crippen LogP contribution in [0.25, 0.3) is 0 Å². The van der Waals surface area contributed by atoms with E-state index < -0.39 is 36.4 Å². The molecule has 25 heavy (non-hydrogen) atoms.